The SMILES string of the molecule is O=C(Nc1cccc(Cl)c1)c1ccc2c(=O)n(-c3ccccc3)c(=S)[nH]c2c1. The standard InChI is InChI=1S/C21H14ClN3O2S/c22-14-5-4-6-15(12-14)23-19(26)13-9-10-17-18(11-13)24-21(28)25(20(17)27)16-7-2-1-3-8-16/h1-12H,(H,23,26)(H,24,28). The first kappa shape index (κ1) is 18.2. The second kappa shape index (κ2) is 7.42. The van der Waals surface area contributed by atoms with Crippen molar-refractivity contribution >= 4 is 46.3 Å². The molecule has 0 aliphatic heterocycles. The van der Waals surface area contributed by atoms with Gasteiger partial charge in [-0.3, -0.25) is 14.2 Å². The number of hydrogen-bond acceptors (Lipinski definition) is 3. The van der Waals surface area contributed by atoms with Crippen molar-refractivity contribution in [2.75, 3.05) is 5.32 Å². The highest BCUT2D eigenvalue weighted by atomic mass is 35.5. The van der Waals surface area contributed by atoms with E-state index < -0.39 is 0 Å². The summed E-state index contributed by atoms with van der Waals surface area (Å²) in [4.78, 5) is 28.5. The van der Waals surface area contributed by atoms with Crippen LogP contribution in [-0.2, 0) is 0 Å². The van der Waals surface area contributed by atoms with Gasteiger partial charge in [-0.15, -0.1) is 0 Å². The van der Waals surface area contributed by atoms with Crippen molar-refractivity contribution in [3.63, 3.8) is 0 Å². The van der Waals surface area contributed by atoms with Gasteiger partial charge >= 0.3 is 0 Å². The summed E-state index contributed by atoms with van der Waals surface area (Å²) < 4.78 is 1.69. The molecule has 0 aliphatic carbocycles. The van der Waals surface area contributed by atoms with Crippen molar-refractivity contribution < 1.29 is 4.79 Å². The number of aromatic nitrogens is 2. The number of aromatic amines is 1. The predicted molar refractivity (Wildman–Crippen MR) is 114 cm³/mol. The van der Waals surface area contributed by atoms with Gasteiger partial charge in [0.1, 0.15) is 0 Å². The van der Waals surface area contributed by atoms with Gasteiger partial charge in [0.25, 0.3) is 11.5 Å². The van der Waals surface area contributed by atoms with Gasteiger partial charge in [0, 0.05) is 16.3 Å². The summed E-state index contributed by atoms with van der Waals surface area (Å²) in [6.07, 6.45) is 0. The van der Waals surface area contributed by atoms with Crippen molar-refractivity contribution in [2.24, 2.45) is 0 Å². The minimum absolute atomic E-state index is 0.244. The van der Waals surface area contributed by atoms with Crippen LogP contribution in [0.2, 0.25) is 5.02 Å². The van der Waals surface area contributed by atoms with Gasteiger partial charge in [-0.2, -0.15) is 0 Å². The molecule has 0 radical (unpaired) electrons. The number of hydrogen-bond donors (Lipinski definition) is 2. The number of halogens is 1. The molecule has 0 spiro atoms. The molecule has 0 saturated heterocycles. The number of carbonyl (C=O) groups excluding carboxylic acids is 1. The average molecular weight is 408 g/mol. The number of H-pyrrole nitrogens is 1. The molecule has 28 heavy (non-hydrogen) atoms. The number of para-hydroxylation sites is 1. The van der Waals surface area contributed by atoms with Crippen LogP contribution in [0.15, 0.2) is 77.6 Å². The zero-order valence-corrected chi connectivity index (χ0v) is 16.1. The molecule has 3 aromatic carbocycles. The van der Waals surface area contributed by atoms with Crippen molar-refractivity contribution in [3.05, 3.63) is 98.5 Å². The van der Waals surface area contributed by atoms with Gasteiger partial charge in [0.15, 0.2) is 4.77 Å². The molecule has 0 bridgehead atoms. The maximum Gasteiger partial charge on any atom is 0.266 e. The third kappa shape index (κ3) is 3.47. The number of fused-ring (bicyclic) bond motifs is 1. The first-order valence-electron chi connectivity index (χ1n) is 8.44. The summed E-state index contributed by atoms with van der Waals surface area (Å²) in [5.41, 5.74) is 1.92. The van der Waals surface area contributed by atoms with Crippen LogP contribution in [-0.4, -0.2) is 15.5 Å². The number of benzene rings is 3. The molecular formula is C21H14ClN3O2S. The highest BCUT2D eigenvalue weighted by molar-refractivity contribution is 7.71. The van der Waals surface area contributed by atoms with E-state index >= 15 is 0 Å². The normalized spacial score (nSPS) is 10.8. The first-order valence-corrected chi connectivity index (χ1v) is 9.23. The summed E-state index contributed by atoms with van der Waals surface area (Å²) in [7, 11) is 0. The van der Waals surface area contributed by atoms with E-state index in [0.29, 0.717) is 32.9 Å². The van der Waals surface area contributed by atoms with E-state index in [0.717, 1.165) is 0 Å². The van der Waals surface area contributed by atoms with Crippen LogP contribution >= 0.6 is 23.8 Å². The van der Waals surface area contributed by atoms with Crippen LogP contribution in [0, 0.1) is 4.77 Å². The molecule has 4 aromatic rings. The van der Waals surface area contributed by atoms with E-state index in [-0.39, 0.29) is 16.2 Å². The van der Waals surface area contributed by atoms with Gasteiger partial charge in [0.2, 0.25) is 0 Å². The summed E-state index contributed by atoms with van der Waals surface area (Å²) in [5.74, 6) is -0.310. The molecule has 138 valence electrons. The first-order chi connectivity index (χ1) is 13.5. The maximum atomic E-state index is 12.9. The second-order valence-electron chi connectivity index (χ2n) is 6.13. The molecule has 0 unspecified atom stereocenters. The smallest absolute Gasteiger partial charge is 0.266 e. The Labute approximate surface area is 170 Å². The van der Waals surface area contributed by atoms with E-state index in [9.17, 15) is 9.59 Å². The summed E-state index contributed by atoms with van der Waals surface area (Å²) in [6, 6.07) is 20.9. The fraction of sp³-hybridized carbons (Fsp3) is 0. The van der Waals surface area contributed by atoms with Crippen molar-refractivity contribution in [2.45, 2.75) is 0 Å². The molecular weight excluding hydrogens is 394 g/mol. The quantitative estimate of drug-likeness (QED) is 0.472. The number of amides is 1. The van der Waals surface area contributed by atoms with Crippen molar-refractivity contribution in [1.82, 2.24) is 9.55 Å². The second-order valence-corrected chi connectivity index (χ2v) is 6.95. The lowest BCUT2D eigenvalue weighted by Gasteiger charge is -2.10. The minimum atomic E-state index is -0.310. The largest absolute Gasteiger partial charge is 0.331 e. The molecule has 2 N–H and O–H groups in total. The summed E-state index contributed by atoms with van der Waals surface area (Å²) >= 11 is 11.3. The van der Waals surface area contributed by atoms with E-state index in [2.05, 4.69) is 10.3 Å². The zero-order valence-electron chi connectivity index (χ0n) is 14.5. The summed E-state index contributed by atoms with van der Waals surface area (Å²) in [5, 5.41) is 3.75. The molecule has 0 atom stereocenters. The molecule has 1 amide bonds. The third-order valence-corrected chi connectivity index (χ3v) is 4.78. The highest BCUT2D eigenvalue weighted by Crippen LogP contribution is 2.18. The maximum absolute atomic E-state index is 12.9. The topological polar surface area (TPSA) is 66.9 Å². The Balaban J connectivity index is 1.75. The number of rotatable bonds is 3. The van der Waals surface area contributed by atoms with Gasteiger partial charge < -0.3 is 10.3 Å². The Morgan fingerprint density at radius 2 is 1.79 bits per heavy atom. The van der Waals surface area contributed by atoms with Gasteiger partial charge in [-0.05, 0) is 60.7 Å². The monoisotopic (exact) mass is 407 g/mol. The lowest BCUT2D eigenvalue weighted by atomic mass is 10.1. The fourth-order valence-corrected chi connectivity index (χ4v) is 3.43. The van der Waals surface area contributed by atoms with Crippen LogP contribution in [0.3, 0.4) is 0 Å². The molecule has 4 rings (SSSR count). The van der Waals surface area contributed by atoms with Crippen LogP contribution < -0.4 is 10.9 Å². The molecule has 1 heterocycles. The summed E-state index contributed by atoms with van der Waals surface area (Å²) in [6.45, 7) is 0. The predicted octanol–water partition coefficient (Wildman–Crippen LogP) is 4.95. The Hall–Kier alpha value is -3.22. The van der Waals surface area contributed by atoms with E-state index in [4.69, 9.17) is 23.8 Å². The van der Waals surface area contributed by atoms with Gasteiger partial charge in [-0.25, -0.2) is 0 Å². The number of nitrogens with one attached hydrogen (secondary N) is 2. The third-order valence-electron chi connectivity index (χ3n) is 4.26. The minimum Gasteiger partial charge on any atom is -0.331 e. The number of carbonyl (C=O) groups is 1. The molecule has 0 saturated carbocycles. The Morgan fingerprint density at radius 1 is 1.00 bits per heavy atom. The van der Waals surface area contributed by atoms with Crippen LogP contribution in [0.1, 0.15) is 10.4 Å². The zero-order chi connectivity index (χ0) is 19.7. The molecule has 0 aliphatic rings. The molecule has 7 heteroatoms. The lowest BCUT2D eigenvalue weighted by molar-refractivity contribution is 0.102. The van der Waals surface area contributed by atoms with Crippen molar-refractivity contribution in [3.8, 4) is 5.69 Å². The van der Waals surface area contributed by atoms with E-state index in [1.54, 1.807) is 42.5 Å². The number of anilines is 1. The average Bonchev–Trinajstić information content (AvgIpc) is 2.68. The molecule has 0 fully saturated rings. The molecule has 5 nitrogen and oxygen atoms in total. The Bertz CT molecular complexity index is 1310. The van der Waals surface area contributed by atoms with E-state index in [1.165, 1.54) is 4.57 Å². The van der Waals surface area contributed by atoms with Gasteiger partial charge in [-0.1, -0.05) is 35.9 Å². The lowest BCUT2D eigenvalue weighted by Crippen LogP contribution is -2.21. The Kier molecular flexibility index (Phi) is 4.81. The molecule has 1 aromatic heterocycles. The Morgan fingerprint density at radius 3 is 2.54 bits per heavy atom. The fourth-order valence-electron chi connectivity index (χ4n) is 2.94. The van der Waals surface area contributed by atoms with Crippen molar-refractivity contribution in [1.29, 1.82) is 0 Å². The van der Waals surface area contributed by atoms with Crippen LogP contribution in [0.25, 0.3) is 16.6 Å². The highest BCUT2D eigenvalue weighted by Gasteiger charge is 2.11. The van der Waals surface area contributed by atoms with E-state index in [1.807, 2.05) is 30.3 Å². The van der Waals surface area contributed by atoms with Gasteiger partial charge in [0.05, 0.1) is 16.6 Å². The number of nitrogens with zero attached hydrogens (tertiary/aromatic N) is 1. The van der Waals surface area contributed by atoms with Crippen LogP contribution in [0.4, 0.5) is 5.69 Å². The van der Waals surface area contributed by atoms with Crippen LogP contribution in [0.5, 0.6) is 0 Å².